The molecule has 0 spiro atoms. The van der Waals surface area contributed by atoms with E-state index >= 15 is 0 Å². The molecule has 27 heavy (non-hydrogen) atoms. The molecular formula is C18H21N3O5S. The molecule has 144 valence electrons. The van der Waals surface area contributed by atoms with Crippen LogP contribution in [-0.4, -0.2) is 54.8 Å². The van der Waals surface area contributed by atoms with E-state index in [2.05, 4.69) is 9.97 Å². The fraction of sp³-hybridized carbons (Fsp3) is 0.389. The number of benzene rings is 1. The average molecular weight is 391 g/mol. The number of piperidine rings is 1. The summed E-state index contributed by atoms with van der Waals surface area (Å²) in [6, 6.07) is 5.98. The van der Waals surface area contributed by atoms with Gasteiger partial charge < -0.3 is 9.47 Å². The summed E-state index contributed by atoms with van der Waals surface area (Å²) in [6.45, 7) is 2.08. The largest absolute Gasteiger partial charge is 0.480 e. The Hall–Kier alpha value is -2.52. The van der Waals surface area contributed by atoms with Crippen molar-refractivity contribution in [2.24, 2.45) is 0 Å². The molecule has 1 aliphatic heterocycles. The fourth-order valence-corrected chi connectivity index (χ4v) is 4.40. The van der Waals surface area contributed by atoms with Crippen molar-refractivity contribution >= 4 is 15.8 Å². The summed E-state index contributed by atoms with van der Waals surface area (Å²) in [6.07, 6.45) is 4.00. The summed E-state index contributed by atoms with van der Waals surface area (Å²) in [5.74, 6) is 0.521. The maximum Gasteiger partial charge on any atom is 0.243 e. The predicted molar refractivity (Wildman–Crippen MR) is 97.4 cm³/mol. The Morgan fingerprint density at radius 3 is 2.56 bits per heavy atom. The van der Waals surface area contributed by atoms with Crippen LogP contribution in [0.25, 0.3) is 0 Å². The zero-order chi connectivity index (χ0) is 19.4. The Morgan fingerprint density at radius 1 is 1.19 bits per heavy atom. The van der Waals surface area contributed by atoms with Gasteiger partial charge >= 0.3 is 0 Å². The third-order valence-electron chi connectivity index (χ3n) is 4.33. The molecule has 1 aliphatic rings. The molecule has 1 aromatic heterocycles. The maximum absolute atomic E-state index is 12.9. The number of hydrogen-bond acceptors (Lipinski definition) is 7. The molecule has 1 fully saturated rings. The van der Waals surface area contributed by atoms with Crippen molar-refractivity contribution < 1.29 is 22.7 Å². The topological polar surface area (TPSA) is 98.7 Å². The number of carbonyl (C=O) groups excluding carboxylic acids is 1. The molecule has 0 amide bonds. The van der Waals surface area contributed by atoms with Crippen molar-refractivity contribution in [1.29, 1.82) is 0 Å². The Labute approximate surface area is 158 Å². The maximum atomic E-state index is 12.9. The van der Waals surface area contributed by atoms with Gasteiger partial charge in [-0.2, -0.15) is 9.29 Å². The second kappa shape index (κ2) is 8.01. The van der Waals surface area contributed by atoms with E-state index in [0.29, 0.717) is 36.7 Å². The molecule has 8 nitrogen and oxygen atoms in total. The molecule has 2 heterocycles. The van der Waals surface area contributed by atoms with Gasteiger partial charge in [0.25, 0.3) is 0 Å². The zero-order valence-electron chi connectivity index (χ0n) is 15.2. The van der Waals surface area contributed by atoms with E-state index < -0.39 is 10.0 Å². The van der Waals surface area contributed by atoms with Crippen molar-refractivity contribution in [2.45, 2.75) is 30.8 Å². The Balaban J connectivity index is 1.73. The normalized spacial score (nSPS) is 18.1. The first kappa shape index (κ1) is 19.2. The first-order valence-corrected chi connectivity index (χ1v) is 9.98. The van der Waals surface area contributed by atoms with Gasteiger partial charge in [-0.3, -0.25) is 9.78 Å². The average Bonchev–Trinajstić information content (AvgIpc) is 2.68. The number of methoxy groups -OCH3 is 1. The summed E-state index contributed by atoms with van der Waals surface area (Å²) in [5, 5.41) is 0. The van der Waals surface area contributed by atoms with E-state index in [9.17, 15) is 13.2 Å². The third kappa shape index (κ3) is 4.42. The number of ketones is 1. The molecular weight excluding hydrogens is 370 g/mol. The quantitative estimate of drug-likeness (QED) is 0.694. The van der Waals surface area contributed by atoms with Crippen molar-refractivity contribution in [3.63, 3.8) is 0 Å². The zero-order valence-corrected chi connectivity index (χ0v) is 16.0. The van der Waals surface area contributed by atoms with Gasteiger partial charge in [-0.15, -0.1) is 0 Å². The number of hydrogen-bond donors (Lipinski definition) is 0. The van der Waals surface area contributed by atoms with E-state index in [1.807, 2.05) is 0 Å². The summed E-state index contributed by atoms with van der Waals surface area (Å²) in [5.41, 5.74) is 0.477. The van der Waals surface area contributed by atoms with Gasteiger partial charge in [0, 0.05) is 12.1 Å². The molecule has 2 aromatic rings. The van der Waals surface area contributed by atoms with Crippen LogP contribution in [0.2, 0.25) is 0 Å². The van der Waals surface area contributed by atoms with Gasteiger partial charge in [0.2, 0.25) is 21.8 Å². The number of carbonyl (C=O) groups is 1. The molecule has 1 unspecified atom stereocenters. The highest BCUT2D eigenvalue weighted by atomic mass is 32.2. The summed E-state index contributed by atoms with van der Waals surface area (Å²) in [4.78, 5) is 19.7. The molecule has 0 saturated carbocycles. The van der Waals surface area contributed by atoms with Gasteiger partial charge in [-0.25, -0.2) is 8.42 Å². The first-order chi connectivity index (χ1) is 12.9. The van der Waals surface area contributed by atoms with Gasteiger partial charge in [-0.05, 0) is 31.9 Å². The van der Waals surface area contributed by atoms with E-state index in [-0.39, 0.29) is 23.3 Å². The lowest BCUT2D eigenvalue weighted by molar-refractivity contribution is 0.101. The summed E-state index contributed by atoms with van der Waals surface area (Å²) in [7, 11) is -2.18. The lowest BCUT2D eigenvalue weighted by atomic mass is 10.1. The Morgan fingerprint density at radius 2 is 1.89 bits per heavy atom. The Kier molecular flexibility index (Phi) is 5.71. The van der Waals surface area contributed by atoms with Crippen LogP contribution in [-0.2, 0) is 10.0 Å². The molecule has 9 heteroatoms. The minimum atomic E-state index is -3.66. The van der Waals surface area contributed by atoms with Crippen LogP contribution in [0.15, 0.2) is 41.6 Å². The van der Waals surface area contributed by atoms with E-state index in [4.69, 9.17) is 9.47 Å². The fourth-order valence-electron chi connectivity index (χ4n) is 2.89. The van der Waals surface area contributed by atoms with Gasteiger partial charge in [-0.1, -0.05) is 12.1 Å². The van der Waals surface area contributed by atoms with Gasteiger partial charge in [0.1, 0.15) is 6.10 Å². The lowest BCUT2D eigenvalue weighted by Gasteiger charge is -2.31. The van der Waals surface area contributed by atoms with Crippen molar-refractivity contribution in [2.75, 3.05) is 20.2 Å². The highest BCUT2D eigenvalue weighted by Crippen LogP contribution is 2.24. The minimum Gasteiger partial charge on any atom is -0.480 e. The first-order valence-electron chi connectivity index (χ1n) is 8.54. The summed E-state index contributed by atoms with van der Waals surface area (Å²) < 4.78 is 38.0. The highest BCUT2D eigenvalue weighted by Gasteiger charge is 2.31. The van der Waals surface area contributed by atoms with Crippen LogP contribution in [0.5, 0.6) is 11.8 Å². The van der Waals surface area contributed by atoms with Crippen LogP contribution in [0.3, 0.4) is 0 Å². The summed E-state index contributed by atoms with van der Waals surface area (Å²) >= 11 is 0. The van der Waals surface area contributed by atoms with Crippen LogP contribution in [0.1, 0.15) is 30.1 Å². The monoisotopic (exact) mass is 391 g/mol. The number of Topliss-reactive ketones (excluding diaryl/α,β-unsaturated/α-hetero) is 1. The van der Waals surface area contributed by atoms with Crippen LogP contribution < -0.4 is 9.47 Å². The smallest absolute Gasteiger partial charge is 0.243 e. The lowest BCUT2D eigenvalue weighted by Crippen LogP contribution is -2.44. The predicted octanol–water partition coefficient (Wildman–Crippen LogP) is 1.92. The van der Waals surface area contributed by atoms with Crippen molar-refractivity contribution in [3.8, 4) is 11.8 Å². The minimum absolute atomic E-state index is 0.107. The molecule has 1 saturated heterocycles. The van der Waals surface area contributed by atoms with Crippen molar-refractivity contribution in [3.05, 3.63) is 42.2 Å². The molecule has 1 aromatic carbocycles. The third-order valence-corrected chi connectivity index (χ3v) is 6.21. The Bertz CT molecular complexity index is 915. The van der Waals surface area contributed by atoms with E-state index in [1.54, 1.807) is 0 Å². The number of aromatic nitrogens is 2. The molecule has 1 atom stereocenters. The second-order valence-electron chi connectivity index (χ2n) is 6.23. The van der Waals surface area contributed by atoms with Crippen LogP contribution in [0.4, 0.5) is 0 Å². The molecule has 3 rings (SSSR count). The van der Waals surface area contributed by atoms with Crippen molar-refractivity contribution in [1.82, 2.24) is 14.3 Å². The van der Waals surface area contributed by atoms with Gasteiger partial charge in [0.05, 0.1) is 30.9 Å². The number of nitrogens with zero attached hydrogens (tertiary/aromatic N) is 3. The van der Waals surface area contributed by atoms with Crippen LogP contribution in [0, 0.1) is 0 Å². The number of rotatable bonds is 6. The molecule has 0 bridgehead atoms. The van der Waals surface area contributed by atoms with Gasteiger partial charge in [0.15, 0.2) is 5.78 Å². The number of ether oxygens (including phenoxy) is 2. The molecule has 0 N–H and O–H groups in total. The van der Waals surface area contributed by atoms with E-state index in [1.165, 1.54) is 55.0 Å². The second-order valence-corrected chi connectivity index (χ2v) is 8.16. The number of sulfonamides is 1. The standard InChI is InChI=1S/C18H21N3O5S/c1-13(22)14-5-7-16(8-6-14)27(23,24)21-9-3-4-15(12-21)26-18-11-19-10-17(20-18)25-2/h5-8,10-11,15H,3-4,9,12H2,1-2H3. The molecule has 0 aliphatic carbocycles. The highest BCUT2D eigenvalue weighted by molar-refractivity contribution is 7.89. The molecule has 0 radical (unpaired) electrons. The SMILES string of the molecule is COc1cncc(OC2CCCN(S(=O)(=O)c3ccc(C(C)=O)cc3)C2)n1. The van der Waals surface area contributed by atoms with E-state index in [0.717, 1.165) is 0 Å². The van der Waals surface area contributed by atoms with Crippen LogP contribution >= 0.6 is 0 Å².